The summed E-state index contributed by atoms with van der Waals surface area (Å²) < 4.78 is 0. The van der Waals surface area contributed by atoms with Crippen LogP contribution in [0.5, 0.6) is 0 Å². The smallest absolute Gasteiger partial charge is 0.220 e. The fraction of sp³-hybridized carbons (Fsp3) is 0.917. The molecule has 1 heterocycles. The Morgan fingerprint density at radius 3 is 2.94 bits per heavy atom. The predicted molar refractivity (Wildman–Crippen MR) is 71.4 cm³/mol. The van der Waals surface area contributed by atoms with Crippen molar-refractivity contribution in [2.24, 2.45) is 5.92 Å². The lowest BCUT2D eigenvalue weighted by atomic mass is 10.0. The van der Waals surface area contributed by atoms with Gasteiger partial charge in [0.1, 0.15) is 0 Å². The summed E-state index contributed by atoms with van der Waals surface area (Å²) in [5, 5.41) is 15.5. The van der Waals surface area contributed by atoms with E-state index in [0.29, 0.717) is 18.9 Å². The lowest BCUT2D eigenvalue weighted by Crippen LogP contribution is -2.32. The van der Waals surface area contributed by atoms with E-state index < -0.39 is 0 Å². The van der Waals surface area contributed by atoms with Crippen molar-refractivity contribution in [3.8, 4) is 0 Å². The Morgan fingerprint density at radius 2 is 2.35 bits per heavy atom. The number of carbonyl (C=O) groups excluding carboxylic acids is 1. The van der Waals surface area contributed by atoms with Crippen LogP contribution in [-0.4, -0.2) is 36.8 Å². The largest absolute Gasteiger partial charge is 0.391 e. The van der Waals surface area contributed by atoms with Gasteiger partial charge in [0, 0.05) is 13.0 Å². The fourth-order valence-electron chi connectivity index (χ4n) is 2.05. The molecule has 2 atom stereocenters. The topological polar surface area (TPSA) is 61.4 Å². The number of aliphatic hydroxyl groups excluding tert-OH is 1. The zero-order chi connectivity index (χ0) is 11.8. The quantitative estimate of drug-likeness (QED) is 0.645. The van der Waals surface area contributed by atoms with Crippen LogP contribution in [0.4, 0.5) is 0 Å². The van der Waals surface area contributed by atoms with Crippen LogP contribution in [0.1, 0.15) is 39.0 Å². The first-order valence-corrected chi connectivity index (χ1v) is 6.37. The van der Waals surface area contributed by atoms with Crippen molar-refractivity contribution in [1.29, 1.82) is 0 Å². The summed E-state index contributed by atoms with van der Waals surface area (Å²) >= 11 is 0. The van der Waals surface area contributed by atoms with Crippen LogP contribution in [0.3, 0.4) is 0 Å². The summed E-state index contributed by atoms with van der Waals surface area (Å²) in [6.07, 6.45) is 4.05. The summed E-state index contributed by atoms with van der Waals surface area (Å²) in [6, 6.07) is 0. The lowest BCUT2D eigenvalue weighted by molar-refractivity contribution is -0.121. The summed E-state index contributed by atoms with van der Waals surface area (Å²) in [6.45, 7) is 4.56. The second-order valence-corrected chi connectivity index (χ2v) is 4.64. The molecule has 1 amide bonds. The molecule has 4 nitrogen and oxygen atoms in total. The van der Waals surface area contributed by atoms with Gasteiger partial charge in [-0.25, -0.2) is 0 Å². The van der Waals surface area contributed by atoms with Crippen LogP contribution in [-0.2, 0) is 4.79 Å². The van der Waals surface area contributed by atoms with Gasteiger partial charge in [0.2, 0.25) is 5.91 Å². The molecule has 0 aromatic rings. The minimum atomic E-state index is -0.387. The normalized spacial score (nSPS) is 20.7. The molecule has 1 saturated heterocycles. The molecule has 1 aliphatic rings. The SMILES string of the molecule is CCCC(O)CNC(=O)CCC1CCNC1.Cl. The van der Waals surface area contributed by atoms with Crippen molar-refractivity contribution in [3.05, 3.63) is 0 Å². The van der Waals surface area contributed by atoms with Gasteiger partial charge in [0.05, 0.1) is 6.10 Å². The number of hydrogen-bond donors (Lipinski definition) is 3. The summed E-state index contributed by atoms with van der Waals surface area (Å²) in [5.74, 6) is 0.730. The molecule has 0 aromatic heterocycles. The molecule has 3 N–H and O–H groups in total. The molecule has 0 saturated carbocycles. The third kappa shape index (κ3) is 7.58. The molecule has 0 aromatic carbocycles. The molecule has 1 fully saturated rings. The summed E-state index contributed by atoms with van der Waals surface area (Å²) in [7, 11) is 0. The van der Waals surface area contributed by atoms with E-state index in [0.717, 1.165) is 32.4 Å². The third-order valence-corrected chi connectivity index (χ3v) is 3.10. The fourth-order valence-corrected chi connectivity index (χ4v) is 2.05. The van der Waals surface area contributed by atoms with Gasteiger partial charge < -0.3 is 15.7 Å². The maximum atomic E-state index is 11.5. The molecular formula is C12H25ClN2O2. The van der Waals surface area contributed by atoms with Crippen LogP contribution in [0.25, 0.3) is 0 Å². The van der Waals surface area contributed by atoms with Crippen LogP contribution < -0.4 is 10.6 Å². The molecule has 0 radical (unpaired) electrons. The molecular weight excluding hydrogens is 240 g/mol. The van der Waals surface area contributed by atoms with Crippen molar-refractivity contribution in [1.82, 2.24) is 10.6 Å². The van der Waals surface area contributed by atoms with Gasteiger partial charge in [0.25, 0.3) is 0 Å². The Labute approximate surface area is 110 Å². The van der Waals surface area contributed by atoms with Crippen LogP contribution in [0.15, 0.2) is 0 Å². The molecule has 1 aliphatic heterocycles. The first kappa shape index (κ1) is 16.7. The predicted octanol–water partition coefficient (Wildman–Crippen LogP) is 1.08. The van der Waals surface area contributed by atoms with E-state index in [1.54, 1.807) is 0 Å². The number of halogens is 1. The molecule has 5 heteroatoms. The van der Waals surface area contributed by atoms with E-state index in [2.05, 4.69) is 10.6 Å². The van der Waals surface area contributed by atoms with E-state index in [-0.39, 0.29) is 24.4 Å². The maximum Gasteiger partial charge on any atom is 0.220 e. The second kappa shape index (κ2) is 9.68. The maximum absolute atomic E-state index is 11.5. The van der Waals surface area contributed by atoms with Gasteiger partial charge in [-0.2, -0.15) is 0 Å². The van der Waals surface area contributed by atoms with E-state index >= 15 is 0 Å². The summed E-state index contributed by atoms with van der Waals surface area (Å²) in [4.78, 5) is 11.5. The Hall–Kier alpha value is -0.320. The first-order valence-electron chi connectivity index (χ1n) is 6.37. The first-order chi connectivity index (χ1) is 7.72. The molecule has 102 valence electrons. The van der Waals surface area contributed by atoms with Crippen LogP contribution >= 0.6 is 12.4 Å². The van der Waals surface area contributed by atoms with Crippen LogP contribution in [0.2, 0.25) is 0 Å². The monoisotopic (exact) mass is 264 g/mol. The Bertz CT molecular complexity index is 209. The zero-order valence-corrected chi connectivity index (χ0v) is 11.4. The molecule has 0 bridgehead atoms. The highest BCUT2D eigenvalue weighted by molar-refractivity contribution is 5.85. The van der Waals surface area contributed by atoms with Gasteiger partial charge in [-0.05, 0) is 38.3 Å². The Balaban J connectivity index is 0.00000256. The van der Waals surface area contributed by atoms with E-state index in [1.807, 2.05) is 6.92 Å². The van der Waals surface area contributed by atoms with E-state index in [4.69, 9.17) is 0 Å². The molecule has 0 aliphatic carbocycles. The molecule has 1 rings (SSSR count). The molecule has 17 heavy (non-hydrogen) atoms. The van der Waals surface area contributed by atoms with Crippen LogP contribution in [0, 0.1) is 5.92 Å². The summed E-state index contributed by atoms with van der Waals surface area (Å²) in [5.41, 5.74) is 0. The van der Waals surface area contributed by atoms with Gasteiger partial charge in [-0.15, -0.1) is 12.4 Å². The van der Waals surface area contributed by atoms with Gasteiger partial charge in [0.15, 0.2) is 0 Å². The van der Waals surface area contributed by atoms with Gasteiger partial charge in [-0.3, -0.25) is 4.79 Å². The van der Waals surface area contributed by atoms with E-state index in [9.17, 15) is 9.90 Å². The number of rotatable bonds is 7. The van der Waals surface area contributed by atoms with Gasteiger partial charge >= 0.3 is 0 Å². The van der Waals surface area contributed by atoms with Crippen molar-refractivity contribution < 1.29 is 9.90 Å². The Kier molecular flexibility index (Phi) is 9.50. The highest BCUT2D eigenvalue weighted by Crippen LogP contribution is 2.13. The minimum absolute atomic E-state index is 0. The number of carbonyl (C=O) groups is 1. The van der Waals surface area contributed by atoms with Gasteiger partial charge in [-0.1, -0.05) is 13.3 Å². The highest BCUT2D eigenvalue weighted by atomic mass is 35.5. The number of aliphatic hydroxyl groups is 1. The van der Waals surface area contributed by atoms with Crippen molar-refractivity contribution in [3.63, 3.8) is 0 Å². The standard InChI is InChI=1S/C12H24N2O2.ClH/c1-2-3-11(15)9-14-12(16)5-4-10-6-7-13-8-10;/h10-11,13,15H,2-9H2,1H3,(H,14,16);1H. The third-order valence-electron chi connectivity index (χ3n) is 3.10. The van der Waals surface area contributed by atoms with Crippen molar-refractivity contribution in [2.75, 3.05) is 19.6 Å². The average Bonchev–Trinajstić information content (AvgIpc) is 2.77. The highest BCUT2D eigenvalue weighted by Gasteiger charge is 2.15. The molecule has 0 spiro atoms. The van der Waals surface area contributed by atoms with E-state index in [1.165, 1.54) is 6.42 Å². The second-order valence-electron chi connectivity index (χ2n) is 4.64. The average molecular weight is 265 g/mol. The lowest BCUT2D eigenvalue weighted by Gasteiger charge is -2.11. The number of hydrogen-bond acceptors (Lipinski definition) is 3. The van der Waals surface area contributed by atoms with Crippen molar-refractivity contribution in [2.45, 2.75) is 45.1 Å². The van der Waals surface area contributed by atoms with Crippen molar-refractivity contribution >= 4 is 18.3 Å². The Morgan fingerprint density at radius 1 is 1.59 bits per heavy atom. The molecule has 2 unspecified atom stereocenters. The number of nitrogens with one attached hydrogen (secondary N) is 2. The number of amides is 1. The zero-order valence-electron chi connectivity index (χ0n) is 10.6. The minimum Gasteiger partial charge on any atom is -0.391 e.